The Morgan fingerprint density at radius 1 is 0.917 bits per heavy atom. The second-order valence-corrected chi connectivity index (χ2v) is 8.25. The lowest BCUT2D eigenvalue weighted by Gasteiger charge is -2.28. The number of amides is 1. The standard InChI is InChI=1S/C26H20F3N5O2/c27-17-3-1-2-16(12-17)26(36)33-20-7-5-18(28)23(24(20)29)25(35)15-4-6-19-21(13-15)32-22(14-31-19)34-10-8-30-9-11-34/h1-7,12-14,30H,8-11H2,(H,33,36). The van der Waals surface area contributed by atoms with Crippen molar-refractivity contribution >= 4 is 34.2 Å². The van der Waals surface area contributed by atoms with E-state index in [0.29, 0.717) is 16.9 Å². The molecule has 0 radical (unpaired) electrons. The van der Waals surface area contributed by atoms with Crippen molar-refractivity contribution in [1.82, 2.24) is 15.3 Å². The molecule has 0 saturated carbocycles. The summed E-state index contributed by atoms with van der Waals surface area (Å²) in [5.74, 6) is -4.03. The van der Waals surface area contributed by atoms with Gasteiger partial charge in [0, 0.05) is 37.3 Å². The van der Waals surface area contributed by atoms with Gasteiger partial charge < -0.3 is 15.5 Å². The van der Waals surface area contributed by atoms with Crippen molar-refractivity contribution in [3.8, 4) is 0 Å². The van der Waals surface area contributed by atoms with Crippen LogP contribution in [0.5, 0.6) is 0 Å². The molecule has 0 atom stereocenters. The third-order valence-electron chi connectivity index (χ3n) is 5.89. The van der Waals surface area contributed by atoms with E-state index < -0.39 is 40.4 Å². The predicted molar refractivity (Wildman–Crippen MR) is 129 cm³/mol. The van der Waals surface area contributed by atoms with Gasteiger partial charge in [-0.3, -0.25) is 14.6 Å². The zero-order valence-corrected chi connectivity index (χ0v) is 18.9. The minimum atomic E-state index is -1.23. The SMILES string of the molecule is O=C(Nc1ccc(F)c(C(=O)c2ccc3ncc(N4CCNCC4)nc3c2)c1F)c1cccc(F)c1. The number of halogens is 3. The maximum absolute atomic E-state index is 15.3. The molecule has 1 aliphatic heterocycles. The molecule has 2 heterocycles. The van der Waals surface area contributed by atoms with Gasteiger partial charge in [-0.25, -0.2) is 18.2 Å². The Hall–Kier alpha value is -4.31. The van der Waals surface area contributed by atoms with E-state index in [1.165, 1.54) is 24.3 Å². The minimum Gasteiger partial charge on any atom is -0.353 e. The summed E-state index contributed by atoms with van der Waals surface area (Å²) in [5.41, 5.74) is -0.329. The number of hydrogen-bond acceptors (Lipinski definition) is 6. The number of carbonyl (C=O) groups excluding carboxylic acids is 2. The third-order valence-corrected chi connectivity index (χ3v) is 5.89. The molecule has 0 spiro atoms. The molecule has 0 bridgehead atoms. The van der Waals surface area contributed by atoms with Crippen LogP contribution >= 0.6 is 0 Å². The third kappa shape index (κ3) is 4.63. The second kappa shape index (κ2) is 9.74. The van der Waals surface area contributed by atoms with Gasteiger partial charge >= 0.3 is 0 Å². The molecule has 1 amide bonds. The highest BCUT2D eigenvalue weighted by Gasteiger charge is 2.24. The molecule has 5 rings (SSSR count). The van der Waals surface area contributed by atoms with Gasteiger partial charge in [-0.15, -0.1) is 0 Å². The lowest BCUT2D eigenvalue weighted by molar-refractivity contribution is 0.101. The van der Waals surface area contributed by atoms with Gasteiger partial charge in [0.1, 0.15) is 17.5 Å². The molecule has 0 aliphatic carbocycles. The molecule has 36 heavy (non-hydrogen) atoms. The summed E-state index contributed by atoms with van der Waals surface area (Å²) in [6.07, 6.45) is 1.65. The molecule has 2 N–H and O–H groups in total. The van der Waals surface area contributed by atoms with Crippen LogP contribution in [0, 0.1) is 17.5 Å². The van der Waals surface area contributed by atoms with Gasteiger partial charge in [-0.05, 0) is 48.5 Å². The van der Waals surface area contributed by atoms with Gasteiger partial charge in [-0.1, -0.05) is 6.07 Å². The predicted octanol–water partition coefficient (Wildman–Crippen LogP) is 3.94. The first-order valence-electron chi connectivity index (χ1n) is 11.2. The highest BCUT2D eigenvalue weighted by Crippen LogP contribution is 2.26. The molecular weight excluding hydrogens is 471 g/mol. The summed E-state index contributed by atoms with van der Waals surface area (Å²) in [7, 11) is 0. The number of anilines is 2. The van der Waals surface area contributed by atoms with E-state index in [-0.39, 0.29) is 11.1 Å². The number of benzene rings is 3. The van der Waals surface area contributed by atoms with Gasteiger partial charge in [-0.2, -0.15) is 0 Å². The van der Waals surface area contributed by atoms with Gasteiger partial charge in [0.15, 0.2) is 11.6 Å². The summed E-state index contributed by atoms with van der Waals surface area (Å²) in [4.78, 5) is 36.6. The lowest BCUT2D eigenvalue weighted by atomic mass is 10.0. The average molecular weight is 491 g/mol. The summed E-state index contributed by atoms with van der Waals surface area (Å²) >= 11 is 0. The first kappa shape index (κ1) is 23.4. The average Bonchev–Trinajstić information content (AvgIpc) is 2.90. The zero-order chi connectivity index (χ0) is 25.2. The second-order valence-electron chi connectivity index (χ2n) is 8.25. The Morgan fingerprint density at radius 2 is 1.72 bits per heavy atom. The maximum Gasteiger partial charge on any atom is 0.255 e. The zero-order valence-electron chi connectivity index (χ0n) is 18.9. The molecule has 182 valence electrons. The van der Waals surface area contributed by atoms with E-state index in [0.717, 1.165) is 50.4 Å². The number of nitrogens with one attached hydrogen (secondary N) is 2. The summed E-state index contributed by atoms with van der Waals surface area (Å²) in [6, 6.07) is 11.1. The van der Waals surface area contributed by atoms with Crippen LogP contribution in [0.3, 0.4) is 0 Å². The van der Waals surface area contributed by atoms with E-state index >= 15 is 4.39 Å². The van der Waals surface area contributed by atoms with Crippen LogP contribution in [0.2, 0.25) is 0 Å². The number of fused-ring (bicyclic) bond motifs is 1. The van der Waals surface area contributed by atoms with Crippen molar-refractivity contribution in [3.05, 3.63) is 94.9 Å². The van der Waals surface area contributed by atoms with E-state index in [1.807, 2.05) is 0 Å². The van der Waals surface area contributed by atoms with Gasteiger partial charge in [0.2, 0.25) is 0 Å². The fraction of sp³-hybridized carbons (Fsp3) is 0.154. The Labute approximate surface area is 204 Å². The number of ketones is 1. The van der Waals surface area contributed by atoms with Crippen molar-refractivity contribution in [3.63, 3.8) is 0 Å². The van der Waals surface area contributed by atoms with Crippen LogP contribution in [-0.2, 0) is 0 Å². The van der Waals surface area contributed by atoms with Crippen LogP contribution < -0.4 is 15.5 Å². The van der Waals surface area contributed by atoms with Crippen LogP contribution in [0.25, 0.3) is 11.0 Å². The van der Waals surface area contributed by atoms with Crippen molar-refractivity contribution in [2.24, 2.45) is 0 Å². The number of piperazine rings is 1. The van der Waals surface area contributed by atoms with E-state index in [9.17, 15) is 18.4 Å². The van der Waals surface area contributed by atoms with Crippen molar-refractivity contribution in [2.45, 2.75) is 0 Å². The summed E-state index contributed by atoms with van der Waals surface area (Å²) in [6.45, 7) is 3.12. The Balaban J connectivity index is 1.46. The number of aromatic nitrogens is 2. The minimum absolute atomic E-state index is 0.0145. The molecule has 1 aliphatic rings. The fourth-order valence-electron chi connectivity index (χ4n) is 4.01. The van der Waals surface area contributed by atoms with E-state index in [2.05, 4.69) is 25.5 Å². The smallest absolute Gasteiger partial charge is 0.255 e. The van der Waals surface area contributed by atoms with Crippen LogP contribution in [0.4, 0.5) is 24.7 Å². The maximum atomic E-state index is 15.3. The van der Waals surface area contributed by atoms with Crippen molar-refractivity contribution < 1.29 is 22.8 Å². The Kier molecular flexibility index (Phi) is 6.34. The quantitative estimate of drug-likeness (QED) is 0.412. The van der Waals surface area contributed by atoms with Gasteiger partial charge in [0.25, 0.3) is 5.91 Å². The monoisotopic (exact) mass is 491 g/mol. The highest BCUT2D eigenvalue weighted by molar-refractivity contribution is 6.12. The molecule has 4 aromatic rings. The van der Waals surface area contributed by atoms with Crippen LogP contribution in [0.1, 0.15) is 26.3 Å². The van der Waals surface area contributed by atoms with Crippen molar-refractivity contribution in [2.75, 3.05) is 36.4 Å². The number of rotatable bonds is 5. The fourth-order valence-corrected chi connectivity index (χ4v) is 4.01. The van der Waals surface area contributed by atoms with Gasteiger partial charge in [0.05, 0.1) is 28.5 Å². The van der Waals surface area contributed by atoms with Crippen LogP contribution in [-0.4, -0.2) is 47.8 Å². The Morgan fingerprint density at radius 3 is 2.50 bits per heavy atom. The number of nitrogens with zero attached hydrogens (tertiary/aromatic N) is 3. The van der Waals surface area contributed by atoms with Crippen LogP contribution in [0.15, 0.2) is 60.8 Å². The molecular formula is C26H20F3N5O2. The highest BCUT2D eigenvalue weighted by atomic mass is 19.1. The molecule has 1 saturated heterocycles. The summed E-state index contributed by atoms with van der Waals surface area (Å²) in [5, 5.41) is 5.52. The molecule has 10 heteroatoms. The molecule has 7 nitrogen and oxygen atoms in total. The molecule has 0 unspecified atom stereocenters. The number of carbonyl (C=O) groups is 2. The summed E-state index contributed by atoms with van der Waals surface area (Å²) < 4.78 is 43.3. The topological polar surface area (TPSA) is 87.2 Å². The first-order valence-corrected chi connectivity index (χ1v) is 11.2. The normalized spacial score (nSPS) is 13.6. The first-order chi connectivity index (χ1) is 17.4. The molecule has 1 aromatic heterocycles. The molecule has 3 aromatic carbocycles. The largest absolute Gasteiger partial charge is 0.353 e. The van der Waals surface area contributed by atoms with E-state index in [4.69, 9.17) is 0 Å². The lowest BCUT2D eigenvalue weighted by Crippen LogP contribution is -2.43. The Bertz CT molecular complexity index is 1490. The van der Waals surface area contributed by atoms with Crippen molar-refractivity contribution in [1.29, 1.82) is 0 Å². The van der Waals surface area contributed by atoms with E-state index in [1.54, 1.807) is 12.3 Å². The molecule has 1 fully saturated rings. The number of hydrogen-bond donors (Lipinski definition) is 2.